The standard InChI is InChI=1S/C22H24N2O5/c1-13(2)16-6-5-7-17(14(3)4)22(16)23-21(25)9-8-15-10-19-20(29-12-28-19)11-18(15)24(26)27/h5-11,13-14H,12H2,1-4H3,(H,23,25)/b9-8+. The van der Waals surface area contributed by atoms with Gasteiger partial charge in [0, 0.05) is 11.8 Å². The molecule has 0 unspecified atom stereocenters. The lowest BCUT2D eigenvalue weighted by Crippen LogP contribution is -2.13. The molecule has 1 aliphatic rings. The number of carbonyl (C=O) groups excluding carboxylic acids is 1. The number of nitro benzene ring substituents is 1. The lowest BCUT2D eigenvalue weighted by atomic mass is 9.92. The topological polar surface area (TPSA) is 90.7 Å². The van der Waals surface area contributed by atoms with Crippen molar-refractivity contribution in [3.63, 3.8) is 0 Å². The summed E-state index contributed by atoms with van der Waals surface area (Å²) in [6.45, 7) is 8.30. The number of para-hydroxylation sites is 1. The molecule has 0 saturated heterocycles. The number of rotatable bonds is 6. The number of hydrogen-bond acceptors (Lipinski definition) is 5. The quantitative estimate of drug-likeness (QED) is 0.410. The molecule has 0 fully saturated rings. The van der Waals surface area contributed by atoms with Crippen LogP contribution in [0.1, 0.15) is 56.2 Å². The maximum absolute atomic E-state index is 12.6. The summed E-state index contributed by atoms with van der Waals surface area (Å²) in [5.74, 6) is 0.867. The van der Waals surface area contributed by atoms with E-state index >= 15 is 0 Å². The van der Waals surface area contributed by atoms with Gasteiger partial charge in [-0.25, -0.2) is 0 Å². The summed E-state index contributed by atoms with van der Waals surface area (Å²) in [6.07, 6.45) is 2.72. The van der Waals surface area contributed by atoms with Gasteiger partial charge in [0.15, 0.2) is 11.5 Å². The second-order valence-electron chi connectivity index (χ2n) is 7.46. The van der Waals surface area contributed by atoms with Crippen LogP contribution in [0, 0.1) is 10.1 Å². The SMILES string of the molecule is CC(C)c1cccc(C(C)C)c1NC(=O)/C=C/c1cc2c(cc1[N+](=O)[O-])OCO2. The Morgan fingerprint density at radius 2 is 1.69 bits per heavy atom. The van der Waals surface area contributed by atoms with E-state index in [0.29, 0.717) is 11.5 Å². The van der Waals surface area contributed by atoms with Gasteiger partial charge >= 0.3 is 0 Å². The van der Waals surface area contributed by atoms with Crippen molar-refractivity contribution in [3.8, 4) is 11.5 Å². The van der Waals surface area contributed by atoms with Crippen molar-refractivity contribution in [1.82, 2.24) is 0 Å². The first-order valence-electron chi connectivity index (χ1n) is 9.47. The Morgan fingerprint density at radius 3 is 2.24 bits per heavy atom. The highest BCUT2D eigenvalue weighted by Crippen LogP contribution is 2.38. The largest absolute Gasteiger partial charge is 0.454 e. The van der Waals surface area contributed by atoms with Crippen LogP contribution >= 0.6 is 0 Å². The Kier molecular flexibility index (Phi) is 5.87. The van der Waals surface area contributed by atoms with E-state index in [1.165, 1.54) is 24.3 Å². The lowest BCUT2D eigenvalue weighted by molar-refractivity contribution is -0.385. The van der Waals surface area contributed by atoms with Gasteiger partial charge in [0.25, 0.3) is 5.69 Å². The van der Waals surface area contributed by atoms with Gasteiger partial charge in [0.2, 0.25) is 12.7 Å². The zero-order valence-electron chi connectivity index (χ0n) is 16.9. The molecule has 1 heterocycles. The molecule has 3 rings (SSSR count). The van der Waals surface area contributed by atoms with E-state index in [1.807, 2.05) is 18.2 Å². The number of nitrogens with one attached hydrogen (secondary N) is 1. The smallest absolute Gasteiger partial charge is 0.280 e. The molecule has 7 nitrogen and oxygen atoms in total. The number of amides is 1. The number of carbonyl (C=O) groups is 1. The maximum Gasteiger partial charge on any atom is 0.280 e. The maximum atomic E-state index is 12.6. The van der Waals surface area contributed by atoms with Gasteiger partial charge in [0.1, 0.15) is 0 Å². The molecule has 1 aliphatic heterocycles. The molecule has 0 spiro atoms. The molecule has 29 heavy (non-hydrogen) atoms. The van der Waals surface area contributed by atoms with Gasteiger partial charge in [-0.15, -0.1) is 0 Å². The summed E-state index contributed by atoms with van der Waals surface area (Å²) in [5.41, 5.74) is 3.02. The highest BCUT2D eigenvalue weighted by atomic mass is 16.7. The van der Waals surface area contributed by atoms with Gasteiger partial charge in [-0.3, -0.25) is 14.9 Å². The second kappa shape index (κ2) is 8.34. The average molecular weight is 396 g/mol. The number of hydrogen-bond donors (Lipinski definition) is 1. The zero-order valence-corrected chi connectivity index (χ0v) is 16.9. The van der Waals surface area contributed by atoms with Crippen LogP contribution in [0.3, 0.4) is 0 Å². The van der Waals surface area contributed by atoms with Crippen molar-refractivity contribution in [3.05, 3.63) is 63.2 Å². The van der Waals surface area contributed by atoms with Crippen LogP contribution in [0.4, 0.5) is 11.4 Å². The summed E-state index contributed by atoms with van der Waals surface area (Å²) < 4.78 is 10.5. The molecular formula is C22H24N2O5. The van der Waals surface area contributed by atoms with Crippen LogP contribution in [-0.4, -0.2) is 17.6 Å². The van der Waals surface area contributed by atoms with Crippen LogP contribution in [0.25, 0.3) is 6.08 Å². The zero-order chi connectivity index (χ0) is 21.1. The van der Waals surface area contributed by atoms with E-state index in [4.69, 9.17) is 9.47 Å². The Labute approximate surface area is 169 Å². The van der Waals surface area contributed by atoms with Crippen LogP contribution < -0.4 is 14.8 Å². The molecule has 152 valence electrons. The van der Waals surface area contributed by atoms with Gasteiger partial charge < -0.3 is 14.8 Å². The Bertz CT molecular complexity index is 953. The van der Waals surface area contributed by atoms with Crippen LogP contribution in [0.2, 0.25) is 0 Å². The fraction of sp³-hybridized carbons (Fsp3) is 0.318. The lowest BCUT2D eigenvalue weighted by Gasteiger charge is -2.19. The first kappa shape index (κ1) is 20.4. The molecule has 0 radical (unpaired) electrons. The molecule has 0 aliphatic carbocycles. The Morgan fingerprint density at radius 1 is 1.10 bits per heavy atom. The first-order chi connectivity index (χ1) is 13.8. The summed E-state index contributed by atoms with van der Waals surface area (Å²) in [7, 11) is 0. The molecule has 1 N–H and O–H groups in total. The number of nitro groups is 1. The third kappa shape index (κ3) is 4.39. The monoisotopic (exact) mass is 396 g/mol. The molecule has 0 bridgehead atoms. The summed E-state index contributed by atoms with van der Waals surface area (Å²) in [5, 5.41) is 14.3. The molecule has 0 atom stereocenters. The molecule has 2 aromatic carbocycles. The number of ether oxygens (including phenoxy) is 2. The van der Waals surface area contributed by atoms with E-state index in [1.54, 1.807) is 0 Å². The van der Waals surface area contributed by atoms with E-state index in [0.717, 1.165) is 16.8 Å². The van der Waals surface area contributed by atoms with Crippen molar-refractivity contribution >= 4 is 23.4 Å². The van der Waals surface area contributed by atoms with E-state index in [-0.39, 0.29) is 35.8 Å². The van der Waals surface area contributed by atoms with Crippen LogP contribution in [0.15, 0.2) is 36.4 Å². The molecule has 1 amide bonds. The van der Waals surface area contributed by atoms with Crippen molar-refractivity contribution in [2.24, 2.45) is 0 Å². The normalized spacial score (nSPS) is 12.8. The fourth-order valence-corrected chi connectivity index (χ4v) is 3.26. The predicted molar refractivity (Wildman–Crippen MR) is 112 cm³/mol. The molecule has 2 aromatic rings. The number of nitrogens with zero attached hydrogens (tertiary/aromatic N) is 1. The van der Waals surface area contributed by atoms with E-state index < -0.39 is 4.92 Å². The fourth-order valence-electron chi connectivity index (χ4n) is 3.26. The van der Waals surface area contributed by atoms with Crippen molar-refractivity contribution in [2.75, 3.05) is 12.1 Å². The van der Waals surface area contributed by atoms with Gasteiger partial charge in [-0.1, -0.05) is 45.9 Å². The predicted octanol–water partition coefficient (Wildman–Crippen LogP) is 5.22. The summed E-state index contributed by atoms with van der Waals surface area (Å²) in [4.78, 5) is 23.5. The number of benzene rings is 2. The van der Waals surface area contributed by atoms with Gasteiger partial charge in [-0.2, -0.15) is 0 Å². The van der Waals surface area contributed by atoms with E-state index in [2.05, 4.69) is 33.0 Å². The summed E-state index contributed by atoms with van der Waals surface area (Å²) in [6, 6.07) is 8.81. The van der Waals surface area contributed by atoms with Gasteiger partial charge in [0.05, 0.1) is 16.6 Å². The van der Waals surface area contributed by atoms with E-state index in [9.17, 15) is 14.9 Å². The minimum atomic E-state index is -0.509. The summed E-state index contributed by atoms with van der Waals surface area (Å²) >= 11 is 0. The minimum Gasteiger partial charge on any atom is -0.454 e. The first-order valence-corrected chi connectivity index (χ1v) is 9.47. The van der Waals surface area contributed by atoms with Crippen molar-refractivity contribution in [2.45, 2.75) is 39.5 Å². The van der Waals surface area contributed by atoms with Gasteiger partial charge in [-0.05, 0) is 35.1 Å². The molecule has 0 saturated carbocycles. The number of fused-ring (bicyclic) bond motifs is 1. The minimum absolute atomic E-state index is 0.0180. The molecular weight excluding hydrogens is 372 g/mol. The Hall–Kier alpha value is -3.35. The highest BCUT2D eigenvalue weighted by molar-refractivity contribution is 6.03. The molecule has 7 heteroatoms. The third-order valence-corrected chi connectivity index (χ3v) is 4.75. The second-order valence-corrected chi connectivity index (χ2v) is 7.46. The Balaban J connectivity index is 1.89. The van der Waals surface area contributed by atoms with Crippen LogP contribution in [-0.2, 0) is 4.79 Å². The van der Waals surface area contributed by atoms with Crippen molar-refractivity contribution in [1.29, 1.82) is 0 Å². The average Bonchev–Trinajstić information content (AvgIpc) is 3.12. The third-order valence-electron chi connectivity index (χ3n) is 4.75. The molecule has 0 aromatic heterocycles. The van der Waals surface area contributed by atoms with Crippen LogP contribution in [0.5, 0.6) is 11.5 Å². The number of anilines is 1. The van der Waals surface area contributed by atoms with Crippen molar-refractivity contribution < 1.29 is 19.2 Å². The highest BCUT2D eigenvalue weighted by Gasteiger charge is 2.22.